The van der Waals surface area contributed by atoms with Crippen LogP contribution in [0, 0.1) is 11.8 Å². The Bertz CT molecular complexity index is 307. The van der Waals surface area contributed by atoms with Crippen molar-refractivity contribution in [2.75, 3.05) is 13.1 Å². The molecule has 1 atom stereocenters. The SMILES string of the molecule is NC(=O)CC1CCN(C(C(=O)O)C2CC2)CC1. The molecule has 2 rings (SSSR count). The van der Waals surface area contributed by atoms with Crippen molar-refractivity contribution in [2.24, 2.45) is 17.6 Å². The van der Waals surface area contributed by atoms with Gasteiger partial charge in [0, 0.05) is 6.42 Å². The first-order chi connectivity index (χ1) is 8.08. The molecule has 0 spiro atoms. The van der Waals surface area contributed by atoms with E-state index in [1.807, 2.05) is 0 Å². The molecule has 1 aliphatic carbocycles. The molecule has 1 heterocycles. The van der Waals surface area contributed by atoms with Gasteiger partial charge in [-0.15, -0.1) is 0 Å². The van der Waals surface area contributed by atoms with Crippen molar-refractivity contribution in [3.8, 4) is 0 Å². The van der Waals surface area contributed by atoms with Gasteiger partial charge in [-0.25, -0.2) is 0 Å². The first-order valence-electron chi connectivity index (χ1n) is 6.33. The van der Waals surface area contributed by atoms with Crippen molar-refractivity contribution in [3.63, 3.8) is 0 Å². The third-order valence-electron chi connectivity index (χ3n) is 3.85. The second-order valence-electron chi connectivity index (χ2n) is 5.27. The number of piperidine rings is 1. The summed E-state index contributed by atoms with van der Waals surface area (Å²) in [5.74, 6) is -0.251. The molecule has 5 heteroatoms. The van der Waals surface area contributed by atoms with Gasteiger partial charge in [0.25, 0.3) is 0 Å². The Morgan fingerprint density at radius 1 is 1.24 bits per heavy atom. The Hall–Kier alpha value is -1.10. The van der Waals surface area contributed by atoms with Crippen LogP contribution < -0.4 is 5.73 Å². The highest BCUT2D eigenvalue weighted by Crippen LogP contribution is 2.37. The number of amides is 1. The molecule has 17 heavy (non-hydrogen) atoms. The van der Waals surface area contributed by atoms with Crippen LogP contribution in [0.2, 0.25) is 0 Å². The number of carboxylic acids is 1. The molecule has 1 saturated carbocycles. The molecule has 0 radical (unpaired) electrons. The predicted octanol–water partition coefficient (Wildman–Crippen LogP) is 0.437. The second-order valence-corrected chi connectivity index (χ2v) is 5.27. The second kappa shape index (κ2) is 5.04. The largest absolute Gasteiger partial charge is 0.480 e. The van der Waals surface area contributed by atoms with E-state index in [-0.39, 0.29) is 11.9 Å². The highest BCUT2D eigenvalue weighted by molar-refractivity contribution is 5.74. The lowest BCUT2D eigenvalue weighted by Gasteiger charge is -2.35. The number of nitrogens with two attached hydrogens (primary N) is 1. The molecule has 5 nitrogen and oxygen atoms in total. The molecule has 1 saturated heterocycles. The number of rotatable bonds is 5. The van der Waals surface area contributed by atoms with E-state index in [2.05, 4.69) is 4.90 Å². The summed E-state index contributed by atoms with van der Waals surface area (Å²) in [5.41, 5.74) is 5.18. The minimum atomic E-state index is -0.694. The minimum Gasteiger partial charge on any atom is -0.480 e. The maximum Gasteiger partial charge on any atom is 0.321 e. The molecule has 3 N–H and O–H groups in total. The third-order valence-corrected chi connectivity index (χ3v) is 3.85. The average Bonchev–Trinajstić information content (AvgIpc) is 3.04. The van der Waals surface area contributed by atoms with Crippen LogP contribution in [0.1, 0.15) is 32.1 Å². The van der Waals surface area contributed by atoms with Crippen LogP contribution in [-0.2, 0) is 9.59 Å². The van der Waals surface area contributed by atoms with Crippen LogP contribution in [0.4, 0.5) is 0 Å². The van der Waals surface area contributed by atoms with E-state index in [0.717, 1.165) is 38.8 Å². The standard InChI is InChI=1S/C12H20N2O3/c13-10(15)7-8-3-5-14(6-4-8)11(12(16)17)9-1-2-9/h8-9,11H,1-7H2,(H2,13,15)(H,16,17). The first-order valence-corrected chi connectivity index (χ1v) is 6.33. The molecule has 0 aromatic rings. The molecule has 1 amide bonds. The molecule has 1 aliphatic heterocycles. The predicted molar refractivity (Wildman–Crippen MR) is 62.3 cm³/mol. The first kappa shape index (κ1) is 12.4. The zero-order valence-electron chi connectivity index (χ0n) is 9.97. The van der Waals surface area contributed by atoms with Crippen LogP contribution in [0.5, 0.6) is 0 Å². The molecule has 2 aliphatic rings. The summed E-state index contributed by atoms with van der Waals surface area (Å²) in [5, 5.41) is 9.23. The Labute approximate surface area is 101 Å². The van der Waals surface area contributed by atoms with Crippen LogP contribution in [0.15, 0.2) is 0 Å². The lowest BCUT2D eigenvalue weighted by molar-refractivity contribution is -0.145. The average molecular weight is 240 g/mol. The number of hydrogen-bond donors (Lipinski definition) is 2. The van der Waals surface area contributed by atoms with Crippen molar-refractivity contribution in [1.29, 1.82) is 0 Å². The molecule has 0 aromatic heterocycles. The van der Waals surface area contributed by atoms with Gasteiger partial charge in [-0.1, -0.05) is 0 Å². The van der Waals surface area contributed by atoms with Crippen molar-refractivity contribution < 1.29 is 14.7 Å². The number of carbonyl (C=O) groups is 2. The van der Waals surface area contributed by atoms with Gasteiger partial charge in [0.15, 0.2) is 0 Å². The fourth-order valence-electron chi connectivity index (χ4n) is 2.79. The van der Waals surface area contributed by atoms with Gasteiger partial charge in [0.1, 0.15) is 6.04 Å². The van der Waals surface area contributed by atoms with Gasteiger partial charge in [-0.05, 0) is 50.6 Å². The summed E-state index contributed by atoms with van der Waals surface area (Å²) >= 11 is 0. The van der Waals surface area contributed by atoms with Crippen molar-refractivity contribution >= 4 is 11.9 Å². The quantitative estimate of drug-likeness (QED) is 0.730. The fraction of sp³-hybridized carbons (Fsp3) is 0.833. The Kier molecular flexibility index (Phi) is 3.66. The van der Waals surface area contributed by atoms with Crippen LogP contribution in [0.25, 0.3) is 0 Å². The maximum absolute atomic E-state index is 11.2. The summed E-state index contributed by atoms with van der Waals surface area (Å²) < 4.78 is 0. The van der Waals surface area contributed by atoms with Gasteiger partial charge in [-0.3, -0.25) is 14.5 Å². The zero-order chi connectivity index (χ0) is 12.4. The summed E-state index contributed by atoms with van der Waals surface area (Å²) in [4.78, 5) is 24.1. The molecular weight excluding hydrogens is 220 g/mol. The van der Waals surface area contributed by atoms with E-state index in [0.29, 0.717) is 18.3 Å². The Morgan fingerprint density at radius 3 is 2.24 bits per heavy atom. The van der Waals surface area contributed by atoms with Crippen molar-refractivity contribution in [3.05, 3.63) is 0 Å². The Morgan fingerprint density at radius 2 is 1.82 bits per heavy atom. The van der Waals surface area contributed by atoms with E-state index in [9.17, 15) is 14.7 Å². The third kappa shape index (κ3) is 3.19. The van der Waals surface area contributed by atoms with E-state index in [4.69, 9.17) is 5.73 Å². The number of nitrogens with zero attached hydrogens (tertiary/aromatic N) is 1. The zero-order valence-corrected chi connectivity index (χ0v) is 9.97. The lowest BCUT2D eigenvalue weighted by atomic mass is 9.92. The lowest BCUT2D eigenvalue weighted by Crippen LogP contribution is -2.47. The van der Waals surface area contributed by atoms with Gasteiger partial charge in [0.2, 0.25) is 5.91 Å². The summed E-state index contributed by atoms with van der Waals surface area (Å²) in [6.07, 6.45) is 4.30. The Balaban J connectivity index is 1.84. The molecule has 0 aromatic carbocycles. The smallest absolute Gasteiger partial charge is 0.321 e. The normalized spacial score (nSPS) is 24.5. The highest BCUT2D eigenvalue weighted by Gasteiger charge is 2.41. The van der Waals surface area contributed by atoms with E-state index < -0.39 is 5.97 Å². The summed E-state index contributed by atoms with van der Waals surface area (Å²) in [6.45, 7) is 1.57. The van der Waals surface area contributed by atoms with Crippen LogP contribution >= 0.6 is 0 Å². The van der Waals surface area contributed by atoms with Gasteiger partial charge < -0.3 is 10.8 Å². The maximum atomic E-state index is 11.2. The monoisotopic (exact) mass is 240 g/mol. The highest BCUT2D eigenvalue weighted by atomic mass is 16.4. The topological polar surface area (TPSA) is 83.6 Å². The van der Waals surface area contributed by atoms with Crippen LogP contribution in [0.3, 0.4) is 0 Å². The van der Waals surface area contributed by atoms with Gasteiger partial charge in [-0.2, -0.15) is 0 Å². The van der Waals surface area contributed by atoms with Crippen molar-refractivity contribution in [2.45, 2.75) is 38.1 Å². The number of hydrogen-bond acceptors (Lipinski definition) is 3. The van der Waals surface area contributed by atoms with E-state index in [1.165, 1.54) is 0 Å². The van der Waals surface area contributed by atoms with Crippen molar-refractivity contribution in [1.82, 2.24) is 4.90 Å². The minimum absolute atomic E-state index is 0.250. The summed E-state index contributed by atoms with van der Waals surface area (Å²) in [7, 11) is 0. The number of carbonyl (C=O) groups excluding carboxylic acids is 1. The number of primary amides is 1. The van der Waals surface area contributed by atoms with E-state index in [1.54, 1.807) is 0 Å². The molecule has 2 fully saturated rings. The molecule has 96 valence electrons. The molecule has 0 bridgehead atoms. The number of aliphatic carboxylic acids is 1. The van der Waals surface area contributed by atoms with Crippen LogP contribution in [-0.4, -0.2) is 41.0 Å². The van der Waals surface area contributed by atoms with Gasteiger partial charge in [0.05, 0.1) is 0 Å². The van der Waals surface area contributed by atoms with Gasteiger partial charge >= 0.3 is 5.97 Å². The summed E-state index contributed by atoms with van der Waals surface area (Å²) in [6, 6.07) is -0.301. The molecular formula is C12H20N2O3. The number of likely N-dealkylation sites (tertiary alicyclic amines) is 1. The number of carboxylic acid groups (broad SMARTS) is 1. The molecule has 1 unspecified atom stereocenters. The fourth-order valence-corrected chi connectivity index (χ4v) is 2.79. The van der Waals surface area contributed by atoms with E-state index >= 15 is 0 Å².